The molecule has 1 unspecified atom stereocenters. The number of methoxy groups -OCH3 is 1. The van der Waals surface area contributed by atoms with E-state index in [4.69, 9.17) is 14.2 Å². The first kappa shape index (κ1) is 33.9. The number of ether oxygens (including phenoxy) is 3. The monoisotopic (exact) mass is 498 g/mol. The van der Waals surface area contributed by atoms with Crippen LogP contribution in [0.3, 0.4) is 0 Å². The zero-order valence-electron chi connectivity index (χ0n) is 23.6. The summed E-state index contributed by atoms with van der Waals surface area (Å²) in [5, 5.41) is 0. The predicted octanol–water partition coefficient (Wildman–Crippen LogP) is 8.57. The van der Waals surface area contributed by atoms with E-state index in [-0.39, 0.29) is 24.8 Å². The van der Waals surface area contributed by atoms with E-state index in [1.807, 2.05) is 0 Å². The summed E-state index contributed by atoms with van der Waals surface area (Å²) in [5.41, 5.74) is 0. The third-order valence-corrected chi connectivity index (χ3v) is 6.72. The van der Waals surface area contributed by atoms with E-state index in [9.17, 15) is 9.59 Å². The van der Waals surface area contributed by atoms with Gasteiger partial charge >= 0.3 is 11.9 Å². The molecule has 0 aliphatic carbocycles. The molecule has 0 spiro atoms. The molecule has 0 aromatic rings. The number of rotatable bonds is 27. The number of esters is 2. The van der Waals surface area contributed by atoms with Gasteiger partial charge in [0.1, 0.15) is 0 Å². The second-order valence-electron chi connectivity index (χ2n) is 10.1. The molecule has 5 nitrogen and oxygen atoms in total. The normalized spacial score (nSPS) is 12.0. The van der Waals surface area contributed by atoms with Gasteiger partial charge in [-0.3, -0.25) is 9.59 Å². The summed E-state index contributed by atoms with van der Waals surface area (Å²) in [7, 11) is 1.69. The Morgan fingerprint density at radius 1 is 0.543 bits per heavy atom. The number of unbranched alkanes of at least 4 members (excludes halogenated alkanes) is 15. The zero-order valence-corrected chi connectivity index (χ0v) is 23.6. The molecule has 0 N–H and O–H groups in total. The van der Waals surface area contributed by atoms with Crippen LogP contribution in [0.5, 0.6) is 0 Å². The molecule has 0 aromatic heterocycles. The van der Waals surface area contributed by atoms with Crippen molar-refractivity contribution in [2.24, 2.45) is 5.92 Å². The van der Waals surface area contributed by atoms with Gasteiger partial charge in [0.15, 0.2) is 0 Å². The molecule has 0 aromatic carbocycles. The van der Waals surface area contributed by atoms with Crippen LogP contribution in [0.2, 0.25) is 0 Å². The van der Waals surface area contributed by atoms with Crippen molar-refractivity contribution in [2.45, 2.75) is 149 Å². The Morgan fingerprint density at radius 3 is 1.49 bits per heavy atom. The molecule has 0 rings (SSSR count). The average molecular weight is 499 g/mol. The molecule has 0 amide bonds. The molecule has 0 saturated carbocycles. The lowest BCUT2D eigenvalue weighted by atomic mass is 10.00. The Kier molecular flexibility index (Phi) is 26.6. The Labute approximate surface area is 217 Å². The second kappa shape index (κ2) is 27.5. The molecule has 0 aliphatic rings. The molecule has 1 atom stereocenters. The Balaban J connectivity index is 3.48. The van der Waals surface area contributed by atoms with Crippen LogP contribution in [-0.2, 0) is 23.8 Å². The van der Waals surface area contributed by atoms with Gasteiger partial charge in [-0.25, -0.2) is 0 Å². The van der Waals surface area contributed by atoms with Gasteiger partial charge in [0.05, 0.1) is 26.1 Å². The van der Waals surface area contributed by atoms with E-state index in [1.54, 1.807) is 7.11 Å². The Bertz CT molecular complexity index is 458. The van der Waals surface area contributed by atoms with E-state index in [0.717, 1.165) is 38.5 Å². The molecule has 0 heterocycles. The van der Waals surface area contributed by atoms with Gasteiger partial charge in [0.25, 0.3) is 0 Å². The topological polar surface area (TPSA) is 61.8 Å². The van der Waals surface area contributed by atoms with E-state index in [1.165, 1.54) is 83.5 Å². The Hall–Kier alpha value is -1.10. The molecular formula is C30H58O5. The van der Waals surface area contributed by atoms with Gasteiger partial charge < -0.3 is 14.2 Å². The van der Waals surface area contributed by atoms with Crippen molar-refractivity contribution in [1.82, 2.24) is 0 Å². The quantitative estimate of drug-likeness (QED) is 0.0838. The molecule has 208 valence electrons. The van der Waals surface area contributed by atoms with Crippen molar-refractivity contribution in [3.05, 3.63) is 0 Å². The average Bonchev–Trinajstić information content (AvgIpc) is 2.86. The number of hydrogen-bond acceptors (Lipinski definition) is 5. The molecule has 35 heavy (non-hydrogen) atoms. The molecule has 0 aliphatic heterocycles. The van der Waals surface area contributed by atoms with Gasteiger partial charge in [0, 0.05) is 13.7 Å². The van der Waals surface area contributed by atoms with Gasteiger partial charge in [-0.1, -0.05) is 117 Å². The highest BCUT2D eigenvalue weighted by molar-refractivity contribution is 5.77. The molecule has 0 saturated heterocycles. The maximum atomic E-state index is 12.0. The minimum Gasteiger partial charge on any atom is -0.466 e. The second-order valence-corrected chi connectivity index (χ2v) is 10.1. The summed E-state index contributed by atoms with van der Waals surface area (Å²) in [4.78, 5) is 23.8. The summed E-state index contributed by atoms with van der Waals surface area (Å²) in [6, 6.07) is 0. The largest absolute Gasteiger partial charge is 0.466 e. The molecule has 5 heteroatoms. The fourth-order valence-electron chi connectivity index (χ4n) is 4.31. The summed E-state index contributed by atoms with van der Waals surface area (Å²) in [5.74, 6) is -0.280. The van der Waals surface area contributed by atoms with Crippen LogP contribution in [0.15, 0.2) is 0 Å². The number of carbonyl (C=O) groups is 2. The predicted molar refractivity (Wildman–Crippen MR) is 146 cm³/mol. The van der Waals surface area contributed by atoms with Crippen LogP contribution in [0.4, 0.5) is 0 Å². The lowest BCUT2D eigenvalue weighted by Crippen LogP contribution is -2.17. The molecular weight excluding hydrogens is 440 g/mol. The van der Waals surface area contributed by atoms with Gasteiger partial charge in [-0.2, -0.15) is 0 Å². The van der Waals surface area contributed by atoms with Gasteiger partial charge in [-0.05, 0) is 25.2 Å². The van der Waals surface area contributed by atoms with Crippen LogP contribution < -0.4 is 0 Å². The molecule has 0 fully saturated rings. The first-order valence-electron chi connectivity index (χ1n) is 14.9. The van der Waals surface area contributed by atoms with E-state index in [2.05, 4.69) is 13.8 Å². The lowest BCUT2D eigenvalue weighted by molar-refractivity contribution is -0.151. The van der Waals surface area contributed by atoms with Crippen molar-refractivity contribution < 1.29 is 23.8 Å². The fraction of sp³-hybridized carbons (Fsp3) is 0.933. The fourth-order valence-corrected chi connectivity index (χ4v) is 4.31. The van der Waals surface area contributed by atoms with Crippen LogP contribution >= 0.6 is 0 Å². The van der Waals surface area contributed by atoms with Crippen molar-refractivity contribution in [1.29, 1.82) is 0 Å². The van der Waals surface area contributed by atoms with Crippen molar-refractivity contribution in [3.8, 4) is 0 Å². The highest BCUT2D eigenvalue weighted by atomic mass is 16.5. The molecule has 0 bridgehead atoms. The zero-order chi connectivity index (χ0) is 25.8. The summed E-state index contributed by atoms with van der Waals surface area (Å²) in [6.07, 6.45) is 24.1. The summed E-state index contributed by atoms with van der Waals surface area (Å²) >= 11 is 0. The van der Waals surface area contributed by atoms with E-state index < -0.39 is 0 Å². The highest BCUT2D eigenvalue weighted by Gasteiger charge is 2.13. The molecule has 0 radical (unpaired) electrons. The first-order valence-corrected chi connectivity index (χ1v) is 14.9. The maximum absolute atomic E-state index is 12.0. The third kappa shape index (κ3) is 25.8. The van der Waals surface area contributed by atoms with E-state index in [0.29, 0.717) is 25.7 Å². The van der Waals surface area contributed by atoms with Crippen LogP contribution in [0.1, 0.15) is 149 Å². The summed E-state index contributed by atoms with van der Waals surface area (Å²) in [6.45, 7) is 5.98. The number of carbonyl (C=O) groups excluding carboxylic acids is 2. The van der Waals surface area contributed by atoms with Gasteiger partial charge in [-0.15, -0.1) is 0 Å². The maximum Gasteiger partial charge on any atom is 0.306 e. The summed E-state index contributed by atoms with van der Waals surface area (Å²) < 4.78 is 15.8. The van der Waals surface area contributed by atoms with Crippen molar-refractivity contribution >= 4 is 11.9 Å². The third-order valence-electron chi connectivity index (χ3n) is 6.72. The highest BCUT2D eigenvalue weighted by Crippen LogP contribution is 2.15. The van der Waals surface area contributed by atoms with Crippen molar-refractivity contribution in [2.75, 3.05) is 26.9 Å². The standard InChI is InChI=1S/C30H58O5/c1-4-6-8-9-10-11-12-13-14-15-16-17-18-19-20-25-34-29(31)22-23-30(32)35-27-28(21-7-5-2)24-26-33-3/h28H,4-27H2,1-3H3. The SMILES string of the molecule is CCCCCCCCCCCCCCCCCOC(=O)CCC(=O)OCC(CCCC)CCOC. The Morgan fingerprint density at radius 2 is 1.00 bits per heavy atom. The van der Waals surface area contributed by atoms with Crippen LogP contribution in [-0.4, -0.2) is 38.9 Å². The smallest absolute Gasteiger partial charge is 0.306 e. The number of hydrogen-bond donors (Lipinski definition) is 0. The van der Waals surface area contributed by atoms with Crippen LogP contribution in [0, 0.1) is 5.92 Å². The van der Waals surface area contributed by atoms with Crippen LogP contribution in [0.25, 0.3) is 0 Å². The minimum absolute atomic E-state index is 0.0997. The van der Waals surface area contributed by atoms with Crippen molar-refractivity contribution in [3.63, 3.8) is 0 Å². The van der Waals surface area contributed by atoms with Gasteiger partial charge in [0.2, 0.25) is 0 Å². The minimum atomic E-state index is -0.312. The lowest BCUT2D eigenvalue weighted by Gasteiger charge is -2.16. The first-order chi connectivity index (χ1) is 17.1. The van der Waals surface area contributed by atoms with E-state index >= 15 is 0 Å².